The first-order chi connectivity index (χ1) is 12.7. The maximum Gasteiger partial charge on any atom is 0.311 e. The highest BCUT2D eigenvalue weighted by molar-refractivity contribution is 5.96. The van der Waals surface area contributed by atoms with E-state index in [-0.39, 0.29) is 22.5 Å². The monoisotopic (exact) mass is 371 g/mol. The molecule has 1 saturated heterocycles. The number of rotatable bonds is 4. The highest BCUT2D eigenvalue weighted by Crippen LogP contribution is 2.37. The first kappa shape index (κ1) is 19.1. The average Bonchev–Trinajstić information content (AvgIpc) is 2.59. The highest BCUT2D eigenvalue weighted by Gasteiger charge is 2.30. The van der Waals surface area contributed by atoms with Gasteiger partial charge in [-0.2, -0.15) is 0 Å². The van der Waals surface area contributed by atoms with E-state index in [4.69, 9.17) is 4.74 Å². The molecule has 0 radical (unpaired) electrons. The smallest absolute Gasteiger partial charge is 0.311 e. The van der Waals surface area contributed by atoms with Crippen LogP contribution in [0.1, 0.15) is 40.0 Å². The molecule has 0 saturated carbocycles. The number of fused-ring (bicyclic) bond motifs is 1. The van der Waals surface area contributed by atoms with Crippen LogP contribution in [-0.4, -0.2) is 34.6 Å². The summed E-state index contributed by atoms with van der Waals surface area (Å²) in [5.74, 6) is -0.108. The largest absolute Gasteiger partial charge is 0.460 e. The van der Waals surface area contributed by atoms with Crippen LogP contribution in [0, 0.1) is 16.0 Å². The van der Waals surface area contributed by atoms with Gasteiger partial charge in [-0.3, -0.25) is 14.9 Å². The number of carbonyl (C=O) groups is 1. The molecule has 0 spiro atoms. The van der Waals surface area contributed by atoms with Gasteiger partial charge in [0.25, 0.3) is 0 Å². The Morgan fingerprint density at radius 3 is 2.81 bits per heavy atom. The van der Waals surface area contributed by atoms with Gasteiger partial charge < -0.3 is 9.64 Å². The zero-order chi connectivity index (χ0) is 19.6. The van der Waals surface area contributed by atoms with Crippen LogP contribution in [0.2, 0.25) is 0 Å². The molecule has 0 aliphatic carbocycles. The van der Waals surface area contributed by atoms with Crippen molar-refractivity contribution in [1.29, 1.82) is 0 Å². The van der Waals surface area contributed by atoms with Gasteiger partial charge in [0.2, 0.25) is 0 Å². The predicted molar refractivity (Wildman–Crippen MR) is 104 cm³/mol. The summed E-state index contributed by atoms with van der Waals surface area (Å²) in [6, 6.07) is 7.44. The summed E-state index contributed by atoms with van der Waals surface area (Å²) in [5, 5.41) is 12.4. The molecule has 3 rings (SSSR count). The molecule has 7 nitrogen and oxygen atoms in total. The first-order valence-corrected chi connectivity index (χ1v) is 9.23. The van der Waals surface area contributed by atoms with Crippen molar-refractivity contribution in [2.24, 2.45) is 5.92 Å². The van der Waals surface area contributed by atoms with E-state index >= 15 is 0 Å². The van der Waals surface area contributed by atoms with E-state index in [0.717, 1.165) is 30.3 Å². The zero-order valence-corrected chi connectivity index (χ0v) is 16.0. The van der Waals surface area contributed by atoms with Crippen LogP contribution in [0.25, 0.3) is 10.9 Å². The second-order valence-corrected chi connectivity index (χ2v) is 8.01. The van der Waals surface area contributed by atoms with Crippen molar-refractivity contribution in [3.8, 4) is 0 Å². The lowest BCUT2D eigenvalue weighted by Gasteiger charge is -2.34. The lowest BCUT2D eigenvalue weighted by molar-refractivity contribution is -0.384. The lowest BCUT2D eigenvalue weighted by Crippen LogP contribution is -2.37. The number of esters is 1. The van der Waals surface area contributed by atoms with E-state index in [1.165, 1.54) is 6.20 Å². The van der Waals surface area contributed by atoms with Crippen LogP contribution in [0.3, 0.4) is 0 Å². The summed E-state index contributed by atoms with van der Waals surface area (Å²) in [6.45, 7) is 6.87. The van der Waals surface area contributed by atoms with Gasteiger partial charge >= 0.3 is 11.7 Å². The molecule has 1 fully saturated rings. The summed E-state index contributed by atoms with van der Waals surface area (Å²) >= 11 is 0. The number of pyridine rings is 1. The van der Waals surface area contributed by atoms with Crippen molar-refractivity contribution in [2.75, 3.05) is 18.0 Å². The van der Waals surface area contributed by atoms with Gasteiger partial charge in [-0.15, -0.1) is 0 Å². The van der Waals surface area contributed by atoms with Crippen LogP contribution in [0.5, 0.6) is 0 Å². The van der Waals surface area contributed by atoms with Crippen LogP contribution in [0.15, 0.2) is 30.5 Å². The minimum absolute atomic E-state index is 0.00613. The first-order valence-electron chi connectivity index (χ1n) is 9.23. The van der Waals surface area contributed by atoms with E-state index in [1.807, 2.05) is 49.9 Å². The van der Waals surface area contributed by atoms with Crippen molar-refractivity contribution >= 4 is 28.2 Å². The zero-order valence-electron chi connectivity index (χ0n) is 16.0. The molecule has 1 aliphatic heterocycles. The van der Waals surface area contributed by atoms with E-state index in [9.17, 15) is 14.9 Å². The van der Waals surface area contributed by atoms with Crippen LogP contribution in [-0.2, 0) is 9.53 Å². The molecule has 2 heterocycles. The fourth-order valence-corrected chi connectivity index (χ4v) is 3.64. The lowest BCUT2D eigenvalue weighted by atomic mass is 9.94. The summed E-state index contributed by atoms with van der Waals surface area (Å²) in [7, 11) is 0. The van der Waals surface area contributed by atoms with Gasteiger partial charge in [0.1, 0.15) is 17.5 Å². The predicted octanol–water partition coefficient (Wildman–Crippen LogP) is 4.09. The van der Waals surface area contributed by atoms with E-state index in [2.05, 4.69) is 4.98 Å². The molecular formula is C20H25N3O4. The van der Waals surface area contributed by atoms with E-state index in [1.54, 1.807) is 0 Å². The maximum atomic E-state index is 12.2. The second-order valence-electron chi connectivity index (χ2n) is 8.01. The molecule has 0 unspecified atom stereocenters. The minimum Gasteiger partial charge on any atom is -0.460 e. The molecule has 144 valence electrons. The quantitative estimate of drug-likeness (QED) is 0.457. The standard InChI is InChI=1S/C20H25N3O4/c1-20(2,3)27-18(24)11-14-7-6-10-22(13-14)19-15-8-4-5-9-16(15)21-12-17(19)23(25)26/h4-5,8-9,12,14H,6-7,10-11,13H2,1-3H3/t14-/m1/s1. The minimum atomic E-state index is -0.508. The van der Waals surface area contributed by atoms with Gasteiger partial charge in [-0.25, -0.2) is 4.98 Å². The van der Waals surface area contributed by atoms with Crippen molar-refractivity contribution in [2.45, 2.75) is 45.6 Å². The molecule has 7 heteroatoms. The molecule has 0 amide bonds. The number of piperidine rings is 1. The Bertz CT molecular complexity index is 860. The molecule has 1 atom stereocenters. The number of benzene rings is 1. The summed E-state index contributed by atoms with van der Waals surface area (Å²) < 4.78 is 5.44. The summed E-state index contributed by atoms with van der Waals surface area (Å²) in [4.78, 5) is 29.7. The molecular weight excluding hydrogens is 346 g/mol. The van der Waals surface area contributed by atoms with E-state index < -0.39 is 5.60 Å². The maximum absolute atomic E-state index is 12.2. The fourth-order valence-electron chi connectivity index (χ4n) is 3.64. The van der Waals surface area contributed by atoms with Crippen molar-refractivity contribution in [3.05, 3.63) is 40.6 Å². The number of ether oxygens (including phenoxy) is 1. The van der Waals surface area contributed by atoms with E-state index in [0.29, 0.717) is 18.7 Å². The number of nitrogens with zero attached hydrogens (tertiary/aromatic N) is 3. The van der Waals surface area contributed by atoms with Gasteiger partial charge in [0, 0.05) is 18.5 Å². The fraction of sp³-hybridized carbons (Fsp3) is 0.500. The molecule has 0 bridgehead atoms. The Morgan fingerprint density at radius 1 is 1.37 bits per heavy atom. The molecule has 2 aromatic rings. The van der Waals surface area contributed by atoms with Gasteiger partial charge in [-0.1, -0.05) is 18.2 Å². The van der Waals surface area contributed by atoms with Crippen molar-refractivity contribution < 1.29 is 14.5 Å². The Labute approximate surface area is 158 Å². The molecule has 27 heavy (non-hydrogen) atoms. The van der Waals surface area contributed by atoms with Crippen LogP contribution in [0.4, 0.5) is 11.4 Å². The third-order valence-electron chi connectivity index (χ3n) is 4.63. The van der Waals surface area contributed by atoms with Crippen LogP contribution < -0.4 is 4.90 Å². The number of para-hydroxylation sites is 1. The molecule has 1 aromatic carbocycles. The third kappa shape index (κ3) is 4.53. The highest BCUT2D eigenvalue weighted by atomic mass is 16.6. The normalized spacial score (nSPS) is 17.7. The Balaban J connectivity index is 1.87. The Hall–Kier alpha value is -2.70. The third-order valence-corrected chi connectivity index (χ3v) is 4.63. The van der Waals surface area contributed by atoms with Gasteiger partial charge in [0.15, 0.2) is 0 Å². The molecule has 1 aliphatic rings. The van der Waals surface area contributed by atoms with Gasteiger partial charge in [0.05, 0.1) is 16.9 Å². The van der Waals surface area contributed by atoms with Crippen molar-refractivity contribution in [3.63, 3.8) is 0 Å². The number of hydrogen-bond donors (Lipinski definition) is 0. The number of aromatic nitrogens is 1. The second kappa shape index (κ2) is 7.50. The molecule has 0 N–H and O–H groups in total. The number of nitro groups is 1. The number of hydrogen-bond acceptors (Lipinski definition) is 6. The number of anilines is 1. The number of carbonyl (C=O) groups excluding carboxylic acids is 1. The van der Waals surface area contributed by atoms with Gasteiger partial charge in [-0.05, 0) is 45.6 Å². The Morgan fingerprint density at radius 2 is 2.11 bits per heavy atom. The topological polar surface area (TPSA) is 85.6 Å². The van der Waals surface area contributed by atoms with Crippen LogP contribution >= 0.6 is 0 Å². The molecule has 1 aromatic heterocycles. The Kier molecular flexibility index (Phi) is 5.30. The average molecular weight is 371 g/mol. The van der Waals surface area contributed by atoms with Crippen molar-refractivity contribution in [1.82, 2.24) is 4.98 Å². The summed E-state index contributed by atoms with van der Waals surface area (Å²) in [6.07, 6.45) is 3.44. The summed E-state index contributed by atoms with van der Waals surface area (Å²) in [5.41, 5.74) is 0.824. The SMILES string of the molecule is CC(C)(C)OC(=O)C[C@H]1CCCN(c2c([N+](=O)[O-])cnc3ccccc23)C1.